The summed E-state index contributed by atoms with van der Waals surface area (Å²) in [6.45, 7) is 0.407. The average molecular weight is 245 g/mol. The van der Waals surface area contributed by atoms with Crippen LogP contribution in [0.3, 0.4) is 0 Å². The lowest BCUT2D eigenvalue weighted by Crippen LogP contribution is -2.35. The van der Waals surface area contributed by atoms with Crippen molar-refractivity contribution in [2.45, 2.75) is 44.6 Å². The molecular weight excluding hydrogens is 222 g/mol. The van der Waals surface area contributed by atoms with Crippen molar-refractivity contribution in [1.29, 1.82) is 0 Å². The Morgan fingerprint density at radius 1 is 1.00 bits per heavy atom. The smallest absolute Gasteiger partial charge is 0.330 e. The largest absolute Gasteiger partial charge is 0.391 e. The van der Waals surface area contributed by atoms with Crippen LogP contribution in [0, 0.1) is 0 Å². The van der Waals surface area contributed by atoms with Crippen molar-refractivity contribution in [3.63, 3.8) is 0 Å². The number of carbonyl (C=O) groups excluding carboxylic acids is 2. The summed E-state index contributed by atoms with van der Waals surface area (Å²) in [5, 5.41) is 0. The van der Waals surface area contributed by atoms with Gasteiger partial charge in [0.25, 0.3) is 0 Å². The molecule has 100 valence electrons. The van der Waals surface area contributed by atoms with Gasteiger partial charge in [0.15, 0.2) is 0 Å². The van der Waals surface area contributed by atoms with E-state index in [1.54, 1.807) is 0 Å². The monoisotopic (exact) mass is 245 g/mol. The first-order valence-corrected chi connectivity index (χ1v) is 6.02. The van der Waals surface area contributed by atoms with E-state index in [-0.39, 0.29) is 6.54 Å². The number of hydrogen-bond donors (Lipinski definition) is 3. The Balaban J connectivity index is 3.54. The van der Waals surface area contributed by atoms with E-state index in [0.717, 1.165) is 32.1 Å². The highest BCUT2D eigenvalue weighted by Gasteiger charge is 2.17. The zero-order chi connectivity index (χ0) is 13.1. The van der Waals surface area contributed by atoms with Gasteiger partial charge in [-0.2, -0.15) is 0 Å². The molecule has 0 aliphatic rings. The van der Waals surface area contributed by atoms with Gasteiger partial charge in [0.2, 0.25) is 0 Å². The van der Waals surface area contributed by atoms with E-state index in [2.05, 4.69) is 4.74 Å². The van der Waals surface area contributed by atoms with Gasteiger partial charge >= 0.3 is 11.9 Å². The van der Waals surface area contributed by atoms with E-state index in [1.165, 1.54) is 0 Å². The fraction of sp³-hybridized carbons (Fsp3) is 0.818. The van der Waals surface area contributed by atoms with Crippen molar-refractivity contribution >= 4 is 11.9 Å². The van der Waals surface area contributed by atoms with E-state index >= 15 is 0 Å². The van der Waals surface area contributed by atoms with Crippen LogP contribution in [0.25, 0.3) is 0 Å². The molecule has 0 saturated heterocycles. The highest BCUT2D eigenvalue weighted by atomic mass is 16.6. The maximum atomic E-state index is 11.2. The van der Waals surface area contributed by atoms with Crippen LogP contribution in [0.15, 0.2) is 0 Å². The highest BCUT2D eigenvalue weighted by Crippen LogP contribution is 2.07. The van der Waals surface area contributed by atoms with Crippen molar-refractivity contribution in [2.75, 3.05) is 13.1 Å². The number of carbonyl (C=O) groups is 2. The molecule has 0 spiro atoms. The van der Waals surface area contributed by atoms with Crippen LogP contribution < -0.4 is 17.2 Å². The molecule has 6 nitrogen and oxygen atoms in total. The fourth-order valence-electron chi connectivity index (χ4n) is 1.39. The second kappa shape index (κ2) is 10.2. The van der Waals surface area contributed by atoms with Gasteiger partial charge < -0.3 is 21.9 Å². The van der Waals surface area contributed by atoms with Crippen molar-refractivity contribution in [3.05, 3.63) is 0 Å². The molecule has 0 aromatic heterocycles. The van der Waals surface area contributed by atoms with E-state index in [1.807, 2.05) is 0 Å². The van der Waals surface area contributed by atoms with Crippen molar-refractivity contribution in [2.24, 2.45) is 17.2 Å². The molecule has 0 rings (SSSR count). The minimum Gasteiger partial charge on any atom is -0.391 e. The van der Waals surface area contributed by atoms with Crippen LogP contribution in [0.4, 0.5) is 0 Å². The zero-order valence-corrected chi connectivity index (χ0v) is 10.2. The molecule has 0 radical (unpaired) electrons. The average Bonchev–Trinajstić information content (AvgIpc) is 2.32. The topological polar surface area (TPSA) is 121 Å². The molecular formula is C11H23N3O3. The molecule has 0 saturated carbocycles. The molecule has 0 fully saturated rings. The third-order valence-electron chi connectivity index (χ3n) is 2.40. The van der Waals surface area contributed by atoms with Crippen LogP contribution in [0.5, 0.6) is 0 Å². The third-order valence-corrected chi connectivity index (χ3v) is 2.40. The Hall–Kier alpha value is -0.980. The van der Waals surface area contributed by atoms with Gasteiger partial charge in [-0.25, -0.2) is 4.79 Å². The molecule has 0 bridgehead atoms. The molecule has 0 aromatic rings. The zero-order valence-electron chi connectivity index (χ0n) is 10.2. The maximum Gasteiger partial charge on any atom is 0.330 e. The van der Waals surface area contributed by atoms with Crippen LogP contribution in [-0.4, -0.2) is 31.1 Å². The normalized spacial score (nSPS) is 12.2. The summed E-state index contributed by atoms with van der Waals surface area (Å²) in [5.74, 6) is -1.43. The number of ether oxygens (including phenoxy) is 1. The second-order valence-electron chi connectivity index (χ2n) is 3.95. The number of unbranched alkanes of at least 4 members (excludes halogenated alkanes) is 4. The van der Waals surface area contributed by atoms with Crippen LogP contribution in [0.1, 0.15) is 38.5 Å². The lowest BCUT2D eigenvalue weighted by atomic mass is 10.1. The van der Waals surface area contributed by atoms with Gasteiger partial charge in [0.1, 0.15) is 6.04 Å². The molecule has 0 amide bonds. The van der Waals surface area contributed by atoms with E-state index < -0.39 is 18.0 Å². The summed E-state index contributed by atoms with van der Waals surface area (Å²) >= 11 is 0. The summed E-state index contributed by atoms with van der Waals surface area (Å²) in [4.78, 5) is 22.0. The second-order valence-corrected chi connectivity index (χ2v) is 3.95. The molecule has 1 atom stereocenters. The molecule has 1 unspecified atom stereocenters. The Morgan fingerprint density at radius 3 is 2.18 bits per heavy atom. The molecule has 0 aromatic carbocycles. The van der Waals surface area contributed by atoms with Gasteiger partial charge in [-0.3, -0.25) is 4.79 Å². The Morgan fingerprint density at radius 2 is 1.59 bits per heavy atom. The van der Waals surface area contributed by atoms with E-state index in [0.29, 0.717) is 13.0 Å². The highest BCUT2D eigenvalue weighted by molar-refractivity contribution is 5.88. The van der Waals surface area contributed by atoms with E-state index in [4.69, 9.17) is 17.2 Å². The lowest BCUT2D eigenvalue weighted by molar-refractivity contribution is -0.159. The molecule has 0 heterocycles. The van der Waals surface area contributed by atoms with Crippen LogP contribution >= 0.6 is 0 Å². The first kappa shape index (κ1) is 16.0. The Bertz CT molecular complexity index is 234. The SMILES string of the molecule is NCCCCCCCC(N)C(=O)OC(=O)CN. The number of nitrogens with two attached hydrogens (primary N) is 3. The number of esters is 2. The standard InChI is InChI=1S/C11H23N3O3/c12-7-5-3-1-2-4-6-9(14)11(16)17-10(15)8-13/h9H,1-8,12-14H2. The van der Waals surface area contributed by atoms with Crippen molar-refractivity contribution in [3.8, 4) is 0 Å². The van der Waals surface area contributed by atoms with E-state index in [9.17, 15) is 9.59 Å². The lowest BCUT2D eigenvalue weighted by Gasteiger charge is -2.09. The molecule has 0 aliphatic heterocycles. The summed E-state index contributed by atoms with van der Waals surface area (Å²) in [7, 11) is 0. The van der Waals surface area contributed by atoms with Gasteiger partial charge in [-0.15, -0.1) is 0 Å². The van der Waals surface area contributed by atoms with Crippen LogP contribution in [-0.2, 0) is 14.3 Å². The van der Waals surface area contributed by atoms with Gasteiger partial charge in [-0.1, -0.05) is 25.7 Å². The predicted octanol–water partition coefficient (Wildman–Crippen LogP) is -0.358. The first-order valence-electron chi connectivity index (χ1n) is 6.02. The van der Waals surface area contributed by atoms with Gasteiger partial charge in [-0.05, 0) is 19.4 Å². The summed E-state index contributed by atoms with van der Waals surface area (Å²) in [6.07, 6.45) is 5.59. The van der Waals surface area contributed by atoms with Crippen molar-refractivity contribution in [1.82, 2.24) is 0 Å². The quantitative estimate of drug-likeness (QED) is 0.290. The van der Waals surface area contributed by atoms with Gasteiger partial charge in [0, 0.05) is 0 Å². The number of hydrogen-bond acceptors (Lipinski definition) is 6. The Labute approximate surface area is 102 Å². The van der Waals surface area contributed by atoms with Crippen molar-refractivity contribution < 1.29 is 14.3 Å². The fourth-order valence-corrected chi connectivity index (χ4v) is 1.39. The van der Waals surface area contributed by atoms with Crippen LogP contribution in [0.2, 0.25) is 0 Å². The predicted molar refractivity (Wildman–Crippen MR) is 64.9 cm³/mol. The molecule has 0 aliphatic carbocycles. The summed E-state index contributed by atoms with van der Waals surface area (Å²) in [6, 6.07) is -0.736. The molecule has 17 heavy (non-hydrogen) atoms. The molecule has 6 heteroatoms. The number of rotatable bonds is 9. The third kappa shape index (κ3) is 8.79. The minimum atomic E-state index is -0.742. The maximum absolute atomic E-state index is 11.2. The summed E-state index contributed by atoms with van der Waals surface area (Å²) in [5.41, 5.74) is 16.0. The Kier molecular flexibility index (Phi) is 9.60. The molecule has 6 N–H and O–H groups in total. The first-order chi connectivity index (χ1) is 8.11. The summed E-state index contributed by atoms with van der Waals surface area (Å²) < 4.78 is 4.41. The van der Waals surface area contributed by atoms with Gasteiger partial charge in [0.05, 0.1) is 6.54 Å². The minimum absolute atomic E-state index is 0.308.